The van der Waals surface area contributed by atoms with Gasteiger partial charge in [0.15, 0.2) is 5.82 Å². The molecule has 0 N–H and O–H groups in total. The van der Waals surface area contributed by atoms with Gasteiger partial charge in [0.1, 0.15) is 11.5 Å². The van der Waals surface area contributed by atoms with Crippen molar-refractivity contribution in [1.82, 2.24) is 9.97 Å². The fraction of sp³-hybridized carbons (Fsp3) is 0.0189. The number of hydrogen-bond donors (Lipinski definition) is 0. The van der Waals surface area contributed by atoms with Gasteiger partial charge in [0.25, 0.3) is 0 Å². The van der Waals surface area contributed by atoms with Crippen LogP contribution >= 0.6 is 0 Å². The zero-order valence-electron chi connectivity index (χ0n) is 30.4. The molecule has 0 amide bonds. The van der Waals surface area contributed by atoms with Crippen molar-refractivity contribution in [1.29, 1.82) is 0 Å². The summed E-state index contributed by atoms with van der Waals surface area (Å²) in [7, 11) is 0. The fourth-order valence-corrected chi connectivity index (χ4v) is 8.98. The maximum atomic E-state index is 7.05. The number of ether oxygens (including phenoxy) is 1. The number of fused-ring (bicyclic) bond motifs is 9. The van der Waals surface area contributed by atoms with Crippen LogP contribution in [0.25, 0.3) is 67.3 Å². The topological polar surface area (TPSA) is 35.0 Å². The first-order valence-electron chi connectivity index (χ1n) is 19.1. The van der Waals surface area contributed by atoms with Crippen molar-refractivity contribution in [2.75, 3.05) is 0 Å². The van der Waals surface area contributed by atoms with Crippen molar-refractivity contribution < 1.29 is 4.74 Å². The van der Waals surface area contributed by atoms with Crippen LogP contribution in [0, 0.1) is 0 Å². The molecule has 0 radical (unpaired) electrons. The Morgan fingerprint density at radius 1 is 0.321 bits per heavy atom. The van der Waals surface area contributed by atoms with E-state index in [0.29, 0.717) is 5.82 Å². The Morgan fingerprint density at radius 3 is 1.45 bits per heavy atom. The summed E-state index contributed by atoms with van der Waals surface area (Å²) in [6.45, 7) is 0. The summed E-state index contributed by atoms with van der Waals surface area (Å²) >= 11 is 0. The van der Waals surface area contributed by atoms with Crippen molar-refractivity contribution in [3.05, 3.63) is 229 Å². The van der Waals surface area contributed by atoms with Crippen molar-refractivity contribution in [2.24, 2.45) is 0 Å². The molecule has 1 aromatic heterocycles. The van der Waals surface area contributed by atoms with Gasteiger partial charge in [0.2, 0.25) is 0 Å². The first-order chi connectivity index (χ1) is 27.8. The number of nitrogens with zero attached hydrogens (tertiary/aromatic N) is 2. The average Bonchev–Trinajstić information content (AvgIpc) is 3.57. The molecule has 1 aliphatic carbocycles. The molecule has 1 spiro atoms. The molecule has 0 unspecified atom stereocenters. The van der Waals surface area contributed by atoms with E-state index in [1.807, 2.05) is 36.4 Å². The highest BCUT2D eigenvalue weighted by Crippen LogP contribution is 2.63. The van der Waals surface area contributed by atoms with Crippen molar-refractivity contribution in [3.8, 4) is 78.8 Å². The van der Waals surface area contributed by atoms with Crippen LogP contribution in [0.2, 0.25) is 0 Å². The summed E-state index contributed by atoms with van der Waals surface area (Å²) < 4.78 is 7.05. The zero-order chi connectivity index (χ0) is 37.1. The molecule has 3 nitrogen and oxygen atoms in total. The number of aromatic nitrogens is 2. The molecule has 262 valence electrons. The molecule has 1 aliphatic heterocycles. The fourth-order valence-electron chi connectivity index (χ4n) is 8.98. The summed E-state index contributed by atoms with van der Waals surface area (Å²) in [5.41, 5.74) is 16.0. The first kappa shape index (κ1) is 32.1. The van der Waals surface area contributed by atoms with Crippen LogP contribution in [-0.4, -0.2) is 9.97 Å². The lowest BCUT2D eigenvalue weighted by molar-refractivity contribution is 0.438. The van der Waals surface area contributed by atoms with Gasteiger partial charge in [-0.2, -0.15) is 0 Å². The Hall–Kier alpha value is -7.36. The molecule has 0 atom stereocenters. The van der Waals surface area contributed by atoms with Gasteiger partial charge in [-0.25, -0.2) is 9.97 Å². The highest BCUT2D eigenvalue weighted by Gasteiger charge is 2.51. The number of hydrogen-bond acceptors (Lipinski definition) is 3. The lowest BCUT2D eigenvalue weighted by Crippen LogP contribution is -2.32. The predicted octanol–water partition coefficient (Wildman–Crippen LogP) is 13.3. The van der Waals surface area contributed by atoms with Crippen LogP contribution in [0.4, 0.5) is 0 Å². The highest BCUT2D eigenvalue weighted by molar-refractivity contribution is 5.93. The van der Waals surface area contributed by atoms with Gasteiger partial charge in [-0.3, -0.25) is 0 Å². The first-order valence-corrected chi connectivity index (χ1v) is 19.1. The second-order valence-electron chi connectivity index (χ2n) is 14.4. The zero-order valence-corrected chi connectivity index (χ0v) is 30.4. The number of benzene rings is 8. The van der Waals surface area contributed by atoms with E-state index in [1.165, 1.54) is 22.3 Å². The van der Waals surface area contributed by atoms with Crippen molar-refractivity contribution >= 4 is 0 Å². The number of rotatable bonds is 5. The van der Waals surface area contributed by atoms with Crippen LogP contribution in [0.5, 0.6) is 11.5 Å². The van der Waals surface area contributed by atoms with E-state index in [4.69, 9.17) is 14.7 Å². The molecule has 2 heterocycles. The van der Waals surface area contributed by atoms with Gasteiger partial charge in [-0.05, 0) is 57.1 Å². The Bertz CT molecular complexity index is 2850. The largest absolute Gasteiger partial charge is 0.456 e. The number of para-hydroxylation sites is 2. The maximum Gasteiger partial charge on any atom is 0.160 e. The van der Waals surface area contributed by atoms with Crippen LogP contribution in [0.1, 0.15) is 22.3 Å². The maximum absolute atomic E-state index is 7.05. The third-order valence-corrected chi connectivity index (χ3v) is 11.4. The molecular weight excluding hydrogens is 681 g/mol. The highest BCUT2D eigenvalue weighted by atomic mass is 16.5. The molecule has 11 rings (SSSR count). The van der Waals surface area contributed by atoms with Crippen LogP contribution in [0.3, 0.4) is 0 Å². The van der Waals surface area contributed by atoms with E-state index in [-0.39, 0.29) is 0 Å². The van der Waals surface area contributed by atoms with Gasteiger partial charge < -0.3 is 4.74 Å². The molecule has 8 aromatic carbocycles. The molecular formula is C53H34N2O. The van der Waals surface area contributed by atoms with Crippen LogP contribution < -0.4 is 4.74 Å². The molecule has 0 saturated heterocycles. The minimum absolute atomic E-state index is 0.528. The second-order valence-corrected chi connectivity index (χ2v) is 14.4. The van der Waals surface area contributed by atoms with Gasteiger partial charge >= 0.3 is 0 Å². The monoisotopic (exact) mass is 714 g/mol. The molecule has 56 heavy (non-hydrogen) atoms. The van der Waals surface area contributed by atoms with E-state index in [9.17, 15) is 0 Å². The van der Waals surface area contributed by atoms with Crippen LogP contribution in [0.15, 0.2) is 206 Å². The minimum atomic E-state index is -0.528. The Balaban J connectivity index is 1.09. The predicted molar refractivity (Wildman–Crippen MR) is 227 cm³/mol. The quantitative estimate of drug-likeness (QED) is 0.178. The van der Waals surface area contributed by atoms with E-state index in [0.717, 1.165) is 73.0 Å². The van der Waals surface area contributed by atoms with E-state index in [1.54, 1.807) is 0 Å². The van der Waals surface area contributed by atoms with Gasteiger partial charge in [-0.1, -0.05) is 188 Å². The normalized spacial score (nSPS) is 12.9. The average molecular weight is 715 g/mol. The molecule has 0 fully saturated rings. The summed E-state index contributed by atoms with van der Waals surface area (Å²) in [4.78, 5) is 10.3. The molecule has 0 saturated carbocycles. The van der Waals surface area contributed by atoms with Crippen molar-refractivity contribution in [2.45, 2.75) is 5.41 Å². The van der Waals surface area contributed by atoms with Gasteiger partial charge in [-0.15, -0.1) is 0 Å². The van der Waals surface area contributed by atoms with Crippen LogP contribution in [-0.2, 0) is 5.41 Å². The lowest BCUT2D eigenvalue weighted by Gasteiger charge is -2.40. The molecule has 9 aromatic rings. The smallest absolute Gasteiger partial charge is 0.160 e. The minimum Gasteiger partial charge on any atom is -0.456 e. The van der Waals surface area contributed by atoms with E-state index in [2.05, 4.69) is 170 Å². The van der Waals surface area contributed by atoms with Crippen molar-refractivity contribution in [3.63, 3.8) is 0 Å². The molecule has 2 aliphatic rings. The lowest BCUT2D eigenvalue weighted by atomic mass is 9.65. The third kappa shape index (κ3) is 4.91. The molecule has 3 heteroatoms. The summed E-state index contributed by atoms with van der Waals surface area (Å²) in [6.07, 6.45) is 0. The summed E-state index contributed by atoms with van der Waals surface area (Å²) in [5.74, 6) is 2.44. The second kappa shape index (κ2) is 12.9. The third-order valence-electron chi connectivity index (χ3n) is 11.4. The Kier molecular flexibility index (Phi) is 7.39. The van der Waals surface area contributed by atoms with Gasteiger partial charge in [0.05, 0.1) is 16.8 Å². The Labute approximate surface area is 326 Å². The van der Waals surface area contributed by atoms with E-state index >= 15 is 0 Å². The standard InChI is InChI=1S/C53H34N2O/c1-3-17-35(18-4-1)48-34-49(36-19-5-2-6-20-36)55-52(54-48)38-22-15-21-37(33-38)39-23-7-8-24-40(39)43-27-16-31-47-51(43)56-50-32-14-13-30-46(50)53(47)44-28-11-9-25-41(44)42-26-10-12-29-45(42)53/h1-34H. The SMILES string of the molecule is c1ccc(-c2cc(-c3ccccc3)nc(-c3cccc(-c4ccccc4-c4cccc5c4Oc4ccccc4C54c5ccccc5-c5ccccc54)c3)n2)cc1. The summed E-state index contributed by atoms with van der Waals surface area (Å²) in [6, 6.07) is 72.9. The van der Waals surface area contributed by atoms with Gasteiger partial charge in [0, 0.05) is 33.4 Å². The molecule has 0 bridgehead atoms. The van der Waals surface area contributed by atoms with E-state index < -0.39 is 5.41 Å². The summed E-state index contributed by atoms with van der Waals surface area (Å²) in [5, 5.41) is 0. The Morgan fingerprint density at radius 2 is 0.786 bits per heavy atom.